The van der Waals surface area contributed by atoms with Gasteiger partial charge in [-0.05, 0) is 0 Å². The van der Waals surface area contributed by atoms with Gasteiger partial charge in [0.1, 0.15) is 0 Å². The normalized spacial score (nSPS) is 2.00. The van der Waals surface area contributed by atoms with E-state index < -0.39 is 0 Å². The molecule has 0 aromatic carbocycles. The first-order valence-corrected chi connectivity index (χ1v) is 1.45. The fraction of sp³-hybridized carbons (Fsp3) is 0.500. The summed E-state index contributed by atoms with van der Waals surface area (Å²) in [6.07, 6.45) is 0. The first kappa shape index (κ1) is 25.7. The molecule has 0 aliphatic heterocycles. The third-order valence-electron chi connectivity index (χ3n) is 0. The van der Waals surface area contributed by atoms with E-state index in [1.165, 1.54) is 13.8 Å². The molecule has 0 aliphatic carbocycles. The quantitative estimate of drug-likeness (QED) is 0.536. The highest BCUT2D eigenvalue weighted by Gasteiger charge is 1.18. The average Bonchev–Trinajstić information content (AvgIpc) is 1.39. The Balaban J connectivity index is -0.0000000160. The summed E-state index contributed by atoms with van der Waals surface area (Å²) in [7, 11) is 0. The van der Waals surface area contributed by atoms with Crippen molar-refractivity contribution in [1.29, 1.82) is 10.5 Å². The third kappa shape index (κ3) is 597. The van der Waals surface area contributed by atoms with Crippen LogP contribution in [0.3, 0.4) is 0 Å². The molecule has 0 aromatic heterocycles. The van der Waals surface area contributed by atoms with E-state index in [0.717, 1.165) is 0 Å². The maximum absolute atomic E-state index is 7.32. The summed E-state index contributed by atoms with van der Waals surface area (Å²) in [6, 6.07) is 3.50. The lowest BCUT2D eigenvalue weighted by Crippen LogP contribution is -1.10. The second kappa shape index (κ2) is 83.3. The van der Waals surface area contributed by atoms with Gasteiger partial charge in [-0.3, -0.25) is 0 Å². The smallest absolute Gasteiger partial charge is 0.0587 e. The van der Waals surface area contributed by atoms with Crippen molar-refractivity contribution < 1.29 is 0 Å². The minimum atomic E-state index is 0. The van der Waals surface area contributed by atoms with Crippen LogP contribution >= 0.6 is 24.8 Å². The Labute approximate surface area is 61.9 Å². The molecule has 0 heterocycles. The lowest BCUT2D eigenvalue weighted by atomic mass is 11.0. The van der Waals surface area contributed by atoms with Gasteiger partial charge in [0.25, 0.3) is 0 Å². The van der Waals surface area contributed by atoms with Gasteiger partial charge in [-0.25, -0.2) is 0 Å². The zero-order chi connectivity index (χ0) is 5.41. The van der Waals surface area contributed by atoms with E-state index in [1.807, 2.05) is 0 Å². The van der Waals surface area contributed by atoms with Crippen LogP contribution in [0.5, 0.6) is 0 Å². The topological polar surface area (TPSA) is 47.6 Å². The molecule has 0 bridgehead atoms. The lowest BCUT2D eigenvalue weighted by Gasteiger charge is -1.15. The number of nitriles is 2. The number of hydrogen-bond acceptors (Lipinski definition) is 2. The molecule has 0 aliphatic rings. The predicted octanol–water partition coefficient (Wildman–Crippen LogP) is 1.90. The summed E-state index contributed by atoms with van der Waals surface area (Å²) in [5.41, 5.74) is 0. The molecule has 0 fully saturated rings. The largest absolute Gasteiger partial charge is 0.199 e. The Hall–Kier alpha value is -0.440. The van der Waals surface area contributed by atoms with Crippen LogP contribution in [0.2, 0.25) is 0 Å². The third-order valence-corrected chi connectivity index (χ3v) is 0. The molecule has 0 aromatic rings. The number of rotatable bonds is 0. The van der Waals surface area contributed by atoms with Crippen LogP contribution in [0, 0.1) is 22.7 Å². The fourth-order valence-electron chi connectivity index (χ4n) is 0. The number of nitrogens with zero attached hydrogens (tertiary/aromatic N) is 2. The monoisotopic (exact) mass is 154 g/mol. The van der Waals surface area contributed by atoms with Gasteiger partial charge in [-0.15, -0.1) is 24.8 Å². The lowest BCUT2D eigenvalue weighted by molar-refractivity contribution is 1.49. The summed E-state index contributed by atoms with van der Waals surface area (Å²) in [5, 5.41) is 14.6. The van der Waals surface area contributed by atoms with Crippen LogP contribution in [0.25, 0.3) is 0 Å². The minimum absolute atomic E-state index is 0. The Morgan fingerprint density at radius 2 is 0.875 bits per heavy atom. The van der Waals surface area contributed by atoms with Crippen LogP contribution < -0.4 is 0 Å². The zero-order valence-electron chi connectivity index (χ0n) is 4.71. The standard InChI is InChI=1S/2C2H3N.2ClH/c2*1-2-3;;/h2*1H3;2*1H. The van der Waals surface area contributed by atoms with Crippen LogP contribution in [0.1, 0.15) is 13.8 Å². The van der Waals surface area contributed by atoms with Crippen molar-refractivity contribution in [3.63, 3.8) is 0 Å². The van der Waals surface area contributed by atoms with Gasteiger partial charge in [-0.2, -0.15) is 10.5 Å². The van der Waals surface area contributed by atoms with Crippen molar-refractivity contribution in [2.24, 2.45) is 0 Å². The molecule has 0 N–H and O–H groups in total. The van der Waals surface area contributed by atoms with Crippen molar-refractivity contribution in [3.05, 3.63) is 0 Å². The molecule has 48 valence electrons. The molecule has 0 saturated carbocycles. The Morgan fingerprint density at radius 3 is 0.875 bits per heavy atom. The summed E-state index contributed by atoms with van der Waals surface area (Å²) in [4.78, 5) is 0. The average molecular weight is 155 g/mol. The highest BCUT2D eigenvalue weighted by Crippen LogP contribution is 1.22. The highest BCUT2D eigenvalue weighted by molar-refractivity contribution is 5.85. The molecule has 2 nitrogen and oxygen atoms in total. The van der Waals surface area contributed by atoms with Gasteiger partial charge in [0.2, 0.25) is 0 Å². The van der Waals surface area contributed by atoms with Gasteiger partial charge in [-0.1, -0.05) is 0 Å². The maximum atomic E-state index is 7.32. The van der Waals surface area contributed by atoms with Crippen LogP contribution in [0.4, 0.5) is 0 Å². The van der Waals surface area contributed by atoms with Crippen LogP contribution in [-0.4, -0.2) is 0 Å². The van der Waals surface area contributed by atoms with E-state index in [0.29, 0.717) is 0 Å². The van der Waals surface area contributed by atoms with Crippen molar-refractivity contribution in [2.75, 3.05) is 0 Å². The van der Waals surface area contributed by atoms with E-state index in [1.54, 1.807) is 12.1 Å². The van der Waals surface area contributed by atoms with E-state index in [-0.39, 0.29) is 24.8 Å². The summed E-state index contributed by atoms with van der Waals surface area (Å²) in [5.74, 6) is 0. The van der Waals surface area contributed by atoms with Crippen molar-refractivity contribution in [3.8, 4) is 12.1 Å². The SMILES string of the molecule is CC#N.CC#N.Cl.Cl. The number of hydrogen-bond donors (Lipinski definition) is 0. The van der Waals surface area contributed by atoms with Gasteiger partial charge in [0.05, 0.1) is 12.1 Å². The Morgan fingerprint density at radius 1 is 0.875 bits per heavy atom. The minimum Gasteiger partial charge on any atom is -0.199 e. The molecule has 0 radical (unpaired) electrons. The van der Waals surface area contributed by atoms with E-state index in [4.69, 9.17) is 10.5 Å². The number of halogens is 2. The molecule has 0 amide bonds. The first-order chi connectivity index (χ1) is 2.83. The summed E-state index contributed by atoms with van der Waals surface area (Å²) < 4.78 is 0. The van der Waals surface area contributed by atoms with Gasteiger partial charge >= 0.3 is 0 Å². The molecule has 0 rings (SSSR count). The van der Waals surface area contributed by atoms with E-state index in [9.17, 15) is 0 Å². The fourth-order valence-corrected chi connectivity index (χ4v) is 0. The second-order valence-electron chi connectivity index (χ2n) is 0.447. The van der Waals surface area contributed by atoms with Crippen LogP contribution in [-0.2, 0) is 0 Å². The maximum Gasteiger partial charge on any atom is 0.0587 e. The van der Waals surface area contributed by atoms with Crippen molar-refractivity contribution in [2.45, 2.75) is 13.8 Å². The molecule has 0 atom stereocenters. The molecule has 0 saturated heterocycles. The predicted molar refractivity (Wildman–Crippen MR) is 37.1 cm³/mol. The Kier molecular flexibility index (Phi) is 267. The molecule has 0 spiro atoms. The van der Waals surface area contributed by atoms with E-state index in [2.05, 4.69) is 0 Å². The van der Waals surface area contributed by atoms with Gasteiger partial charge < -0.3 is 0 Å². The molecule has 0 unspecified atom stereocenters. The van der Waals surface area contributed by atoms with Crippen molar-refractivity contribution >= 4 is 24.8 Å². The summed E-state index contributed by atoms with van der Waals surface area (Å²) >= 11 is 0. The van der Waals surface area contributed by atoms with Crippen LogP contribution in [0.15, 0.2) is 0 Å². The van der Waals surface area contributed by atoms with Gasteiger partial charge in [0.15, 0.2) is 0 Å². The molecular weight excluding hydrogens is 147 g/mol. The zero-order valence-corrected chi connectivity index (χ0v) is 6.34. The molecule has 4 heteroatoms. The Bertz CT molecular complexity index is 67.0. The summed E-state index contributed by atoms with van der Waals surface area (Å²) in [6.45, 7) is 2.86. The second-order valence-corrected chi connectivity index (χ2v) is 0.447. The first-order valence-electron chi connectivity index (χ1n) is 1.45. The molecule has 8 heavy (non-hydrogen) atoms. The van der Waals surface area contributed by atoms with E-state index >= 15 is 0 Å². The van der Waals surface area contributed by atoms with Gasteiger partial charge in [0, 0.05) is 13.8 Å². The molecular formula is C4H8Cl2N2. The highest BCUT2D eigenvalue weighted by atomic mass is 35.5. The van der Waals surface area contributed by atoms with Crippen molar-refractivity contribution in [1.82, 2.24) is 0 Å².